The smallest absolute Gasteiger partial charge is 0.0161 e. The molecule has 0 aliphatic carbocycles. The van der Waals surface area contributed by atoms with Crippen LogP contribution in [0.1, 0.15) is 34.1 Å². The standard InChI is InChI=1S/C11H23NS/c1-9(2)7-10(3)12-5-6-13-8-11(12)4/h9-11H,5-8H2,1-4H3. The van der Waals surface area contributed by atoms with Crippen molar-refractivity contribution in [1.29, 1.82) is 0 Å². The highest BCUT2D eigenvalue weighted by atomic mass is 32.2. The van der Waals surface area contributed by atoms with E-state index in [0.29, 0.717) is 0 Å². The molecule has 0 aromatic rings. The quantitative estimate of drug-likeness (QED) is 0.691. The lowest BCUT2D eigenvalue weighted by molar-refractivity contribution is 0.154. The van der Waals surface area contributed by atoms with Gasteiger partial charge >= 0.3 is 0 Å². The number of hydrogen-bond donors (Lipinski definition) is 0. The van der Waals surface area contributed by atoms with E-state index >= 15 is 0 Å². The maximum absolute atomic E-state index is 2.68. The minimum absolute atomic E-state index is 0.774. The molecule has 2 heteroatoms. The van der Waals surface area contributed by atoms with Gasteiger partial charge in [-0.3, -0.25) is 4.90 Å². The van der Waals surface area contributed by atoms with Gasteiger partial charge in [0, 0.05) is 30.1 Å². The molecule has 78 valence electrons. The molecule has 0 bridgehead atoms. The Bertz CT molecular complexity index is 147. The highest BCUT2D eigenvalue weighted by Crippen LogP contribution is 2.21. The predicted octanol–water partition coefficient (Wildman–Crippen LogP) is 2.86. The van der Waals surface area contributed by atoms with Gasteiger partial charge in [0.1, 0.15) is 0 Å². The van der Waals surface area contributed by atoms with Crippen molar-refractivity contribution in [2.24, 2.45) is 5.92 Å². The Morgan fingerprint density at radius 3 is 2.62 bits per heavy atom. The third kappa shape index (κ3) is 3.51. The summed E-state index contributed by atoms with van der Waals surface area (Å²) in [5.41, 5.74) is 0. The van der Waals surface area contributed by atoms with Crippen LogP contribution in [-0.2, 0) is 0 Å². The molecular formula is C11H23NS. The number of nitrogens with zero attached hydrogens (tertiary/aromatic N) is 1. The first-order valence-electron chi connectivity index (χ1n) is 5.44. The fourth-order valence-electron chi connectivity index (χ4n) is 2.21. The summed E-state index contributed by atoms with van der Waals surface area (Å²) in [6, 6.07) is 1.56. The van der Waals surface area contributed by atoms with Crippen LogP contribution in [0.4, 0.5) is 0 Å². The molecule has 0 amide bonds. The van der Waals surface area contributed by atoms with E-state index in [4.69, 9.17) is 0 Å². The first-order chi connectivity index (χ1) is 6.11. The monoisotopic (exact) mass is 201 g/mol. The normalized spacial score (nSPS) is 27.9. The summed E-state index contributed by atoms with van der Waals surface area (Å²) >= 11 is 2.10. The SMILES string of the molecule is CC(C)CC(C)N1CCSCC1C. The molecule has 0 saturated carbocycles. The van der Waals surface area contributed by atoms with Gasteiger partial charge in [-0.1, -0.05) is 13.8 Å². The first-order valence-corrected chi connectivity index (χ1v) is 6.60. The lowest BCUT2D eigenvalue weighted by Gasteiger charge is -2.38. The van der Waals surface area contributed by atoms with Gasteiger partial charge in [0.2, 0.25) is 0 Å². The Kier molecular flexibility index (Phi) is 4.60. The van der Waals surface area contributed by atoms with Gasteiger partial charge in [0.05, 0.1) is 0 Å². The number of hydrogen-bond acceptors (Lipinski definition) is 2. The summed E-state index contributed by atoms with van der Waals surface area (Å²) in [5, 5.41) is 0. The molecule has 0 spiro atoms. The molecule has 0 radical (unpaired) electrons. The zero-order chi connectivity index (χ0) is 9.84. The van der Waals surface area contributed by atoms with E-state index in [1.54, 1.807) is 0 Å². The van der Waals surface area contributed by atoms with Gasteiger partial charge in [-0.05, 0) is 26.2 Å². The Balaban J connectivity index is 2.39. The van der Waals surface area contributed by atoms with E-state index < -0.39 is 0 Å². The molecular weight excluding hydrogens is 178 g/mol. The number of rotatable bonds is 3. The van der Waals surface area contributed by atoms with Crippen molar-refractivity contribution in [2.75, 3.05) is 18.1 Å². The Labute approximate surface area is 87.3 Å². The van der Waals surface area contributed by atoms with E-state index in [-0.39, 0.29) is 0 Å². The van der Waals surface area contributed by atoms with Crippen LogP contribution >= 0.6 is 11.8 Å². The van der Waals surface area contributed by atoms with E-state index in [9.17, 15) is 0 Å². The van der Waals surface area contributed by atoms with Gasteiger partial charge in [0.25, 0.3) is 0 Å². The van der Waals surface area contributed by atoms with Crippen molar-refractivity contribution in [3.05, 3.63) is 0 Å². The van der Waals surface area contributed by atoms with Crippen molar-refractivity contribution in [2.45, 2.75) is 46.2 Å². The zero-order valence-corrected chi connectivity index (χ0v) is 10.2. The Morgan fingerprint density at radius 2 is 2.08 bits per heavy atom. The van der Waals surface area contributed by atoms with E-state index in [1.807, 2.05) is 0 Å². The average molecular weight is 201 g/mol. The molecule has 1 rings (SSSR count). The number of thioether (sulfide) groups is 1. The van der Waals surface area contributed by atoms with Crippen molar-refractivity contribution in [3.63, 3.8) is 0 Å². The molecule has 0 aromatic carbocycles. The van der Waals surface area contributed by atoms with Crippen LogP contribution in [0, 0.1) is 5.92 Å². The molecule has 1 nitrogen and oxygen atoms in total. The molecule has 13 heavy (non-hydrogen) atoms. The molecule has 2 unspecified atom stereocenters. The Hall–Kier alpha value is 0.310. The fraction of sp³-hybridized carbons (Fsp3) is 1.00. The molecule has 1 aliphatic heterocycles. The third-order valence-corrected chi connectivity index (χ3v) is 3.99. The summed E-state index contributed by atoms with van der Waals surface area (Å²) in [6.07, 6.45) is 1.34. The average Bonchev–Trinajstić information content (AvgIpc) is 2.03. The van der Waals surface area contributed by atoms with Gasteiger partial charge < -0.3 is 0 Å². The Morgan fingerprint density at radius 1 is 1.38 bits per heavy atom. The maximum atomic E-state index is 2.68. The molecule has 2 atom stereocenters. The molecule has 0 N–H and O–H groups in total. The van der Waals surface area contributed by atoms with Gasteiger partial charge in [0.15, 0.2) is 0 Å². The summed E-state index contributed by atoms with van der Waals surface area (Å²) in [5.74, 6) is 3.48. The summed E-state index contributed by atoms with van der Waals surface area (Å²) in [7, 11) is 0. The van der Waals surface area contributed by atoms with Crippen LogP contribution in [0.15, 0.2) is 0 Å². The second-order valence-corrected chi connectivity index (χ2v) is 5.79. The summed E-state index contributed by atoms with van der Waals surface area (Å²) < 4.78 is 0. The summed E-state index contributed by atoms with van der Waals surface area (Å²) in [4.78, 5) is 2.68. The molecule has 0 aromatic heterocycles. The van der Waals surface area contributed by atoms with Crippen LogP contribution in [0.5, 0.6) is 0 Å². The van der Waals surface area contributed by atoms with E-state index in [2.05, 4.69) is 44.4 Å². The largest absolute Gasteiger partial charge is 0.296 e. The second kappa shape index (κ2) is 5.26. The van der Waals surface area contributed by atoms with Crippen LogP contribution < -0.4 is 0 Å². The van der Waals surface area contributed by atoms with Crippen LogP contribution in [0.25, 0.3) is 0 Å². The molecule has 1 fully saturated rings. The van der Waals surface area contributed by atoms with Crippen molar-refractivity contribution in [1.82, 2.24) is 4.90 Å². The van der Waals surface area contributed by atoms with Crippen LogP contribution in [0.2, 0.25) is 0 Å². The van der Waals surface area contributed by atoms with Crippen LogP contribution in [-0.4, -0.2) is 35.0 Å². The fourth-order valence-corrected chi connectivity index (χ4v) is 3.25. The van der Waals surface area contributed by atoms with Crippen molar-refractivity contribution < 1.29 is 0 Å². The van der Waals surface area contributed by atoms with Crippen molar-refractivity contribution in [3.8, 4) is 0 Å². The van der Waals surface area contributed by atoms with E-state index in [0.717, 1.165) is 18.0 Å². The van der Waals surface area contributed by atoms with Gasteiger partial charge in [-0.2, -0.15) is 11.8 Å². The molecule has 1 heterocycles. The third-order valence-electron chi connectivity index (χ3n) is 2.80. The lowest BCUT2D eigenvalue weighted by Crippen LogP contribution is -2.46. The molecule has 1 saturated heterocycles. The van der Waals surface area contributed by atoms with E-state index in [1.165, 1.54) is 24.5 Å². The van der Waals surface area contributed by atoms with Crippen LogP contribution in [0.3, 0.4) is 0 Å². The maximum Gasteiger partial charge on any atom is 0.0161 e. The van der Waals surface area contributed by atoms with Gasteiger partial charge in [-0.25, -0.2) is 0 Å². The van der Waals surface area contributed by atoms with Gasteiger partial charge in [-0.15, -0.1) is 0 Å². The lowest BCUT2D eigenvalue weighted by atomic mass is 10.0. The second-order valence-electron chi connectivity index (χ2n) is 4.64. The molecule has 1 aliphatic rings. The topological polar surface area (TPSA) is 3.24 Å². The highest BCUT2D eigenvalue weighted by Gasteiger charge is 2.23. The first kappa shape index (κ1) is 11.4. The summed E-state index contributed by atoms with van der Waals surface area (Å²) in [6.45, 7) is 10.7. The zero-order valence-electron chi connectivity index (χ0n) is 9.42. The predicted molar refractivity (Wildman–Crippen MR) is 62.4 cm³/mol. The minimum atomic E-state index is 0.774. The minimum Gasteiger partial charge on any atom is -0.296 e. The highest BCUT2D eigenvalue weighted by molar-refractivity contribution is 7.99. The van der Waals surface area contributed by atoms with Crippen molar-refractivity contribution >= 4 is 11.8 Å².